The molecule has 0 saturated carbocycles. The third-order valence-corrected chi connectivity index (χ3v) is 5.25. The van der Waals surface area contributed by atoms with E-state index in [9.17, 15) is 14.4 Å². The largest absolute Gasteiger partial charge is 0.481 e. The molecule has 3 rings (SSSR count). The van der Waals surface area contributed by atoms with Gasteiger partial charge in [0.05, 0.1) is 0 Å². The summed E-state index contributed by atoms with van der Waals surface area (Å²) >= 11 is 0. The summed E-state index contributed by atoms with van der Waals surface area (Å²) in [6.07, 6.45) is 0.284. The highest BCUT2D eigenvalue weighted by Gasteiger charge is 2.16. The minimum atomic E-state index is -0.761. The average Bonchev–Trinajstić information content (AvgIpc) is 2.76. The number of fused-ring (bicyclic) bond motifs is 1. The highest BCUT2D eigenvalue weighted by molar-refractivity contribution is 5.94. The standard InChI is InChI=1S/C24H26N2O5/c1-14-15(2)24(29)31-21-13-19(10-11-20(14)21)30-16(3)23(28)26-18-8-5-17(6-9-18)7-12-22(27)25-4/h5-6,8-11,13,16H,7,12H2,1-4H3,(H,25,27)(H,26,28). The molecule has 0 spiro atoms. The number of benzene rings is 2. The second-order valence-electron chi connectivity index (χ2n) is 7.42. The number of hydrogen-bond acceptors (Lipinski definition) is 5. The van der Waals surface area contributed by atoms with E-state index in [1.807, 2.05) is 25.1 Å². The molecule has 0 aliphatic rings. The summed E-state index contributed by atoms with van der Waals surface area (Å²) in [5.41, 5.74) is 3.13. The van der Waals surface area contributed by atoms with Crippen molar-refractivity contribution in [3.63, 3.8) is 0 Å². The van der Waals surface area contributed by atoms with Crippen molar-refractivity contribution in [2.75, 3.05) is 12.4 Å². The molecule has 1 heterocycles. The summed E-state index contributed by atoms with van der Waals surface area (Å²) in [4.78, 5) is 35.8. The van der Waals surface area contributed by atoms with Crippen molar-refractivity contribution in [2.24, 2.45) is 0 Å². The molecule has 3 aromatic rings. The van der Waals surface area contributed by atoms with Gasteiger partial charge >= 0.3 is 5.63 Å². The first-order valence-electron chi connectivity index (χ1n) is 10.1. The molecule has 7 heteroatoms. The maximum atomic E-state index is 12.5. The Morgan fingerprint density at radius 2 is 1.77 bits per heavy atom. The van der Waals surface area contributed by atoms with E-state index in [0.717, 1.165) is 16.5 Å². The van der Waals surface area contributed by atoms with Crippen molar-refractivity contribution in [2.45, 2.75) is 39.7 Å². The Hall–Kier alpha value is -3.61. The van der Waals surface area contributed by atoms with Crippen LogP contribution in [0.5, 0.6) is 5.75 Å². The van der Waals surface area contributed by atoms with E-state index in [4.69, 9.17) is 9.15 Å². The van der Waals surface area contributed by atoms with Gasteiger partial charge in [0, 0.05) is 36.2 Å². The second-order valence-corrected chi connectivity index (χ2v) is 7.42. The first-order valence-corrected chi connectivity index (χ1v) is 10.1. The lowest BCUT2D eigenvalue weighted by molar-refractivity contribution is -0.122. The molecule has 162 valence electrons. The predicted octanol–water partition coefficient (Wildman–Crippen LogP) is 3.49. The smallest absolute Gasteiger partial charge is 0.339 e. The van der Waals surface area contributed by atoms with Gasteiger partial charge in [-0.1, -0.05) is 12.1 Å². The normalized spacial score (nSPS) is 11.7. The van der Waals surface area contributed by atoms with Gasteiger partial charge in [-0.3, -0.25) is 9.59 Å². The van der Waals surface area contributed by atoms with Gasteiger partial charge in [0.2, 0.25) is 5.91 Å². The Bertz CT molecular complexity index is 1170. The fraction of sp³-hybridized carbons (Fsp3) is 0.292. The van der Waals surface area contributed by atoms with Crippen LogP contribution in [-0.2, 0) is 16.0 Å². The molecule has 1 unspecified atom stereocenters. The zero-order chi connectivity index (χ0) is 22.5. The SMILES string of the molecule is CNC(=O)CCc1ccc(NC(=O)C(C)Oc2ccc3c(C)c(C)c(=O)oc3c2)cc1. The molecule has 2 amide bonds. The number of aryl methyl sites for hydroxylation is 2. The topological polar surface area (TPSA) is 97.6 Å². The number of anilines is 1. The van der Waals surface area contributed by atoms with Gasteiger partial charge < -0.3 is 19.8 Å². The van der Waals surface area contributed by atoms with Crippen molar-refractivity contribution in [3.05, 3.63) is 69.6 Å². The molecule has 31 heavy (non-hydrogen) atoms. The lowest BCUT2D eigenvalue weighted by Crippen LogP contribution is -2.30. The van der Waals surface area contributed by atoms with E-state index < -0.39 is 6.10 Å². The highest BCUT2D eigenvalue weighted by Crippen LogP contribution is 2.24. The van der Waals surface area contributed by atoms with Crippen LogP contribution < -0.4 is 21.0 Å². The van der Waals surface area contributed by atoms with Crippen LogP contribution in [-0.4, -0.2) is 25.0 Å². The van der Waals surface area contributed by atoms with Gasteiger partial charge in [0.1, 0.15) is 11.3 Å². The molecule has 0 bridgehead atoms. The minimum absolute atomic E-state index is 0.0124. The number of hydrogen-bond donors (Lipinski definition) is 2. The predicted molar refractivity (Wildman–Crippen MR) is 120 cm³/mol. The van der Waals surface area contributed by atoms with Crippen molar-refractivity contribution >= 4 is 28.5 Å². The van der Waals surface area contributed by atoms with E-state index in [-0.39, 0.29) is 17.4 Å². The molecule has 2 N–H and O–H groups in total. The van der Waals surface area contributed by atoms with Crippen LogP contribution >= 0.6 is 0 Å². The van der Waals surface area contributed by atoms with E-state index in [2.05, 4.69) is 10.6 Å². The Morgan fingerprint density at radius 1 is 1.06 bits per heavy atom. The zero-order valence-electron chi connectivity index (χ0n) is 18.1. The summed E-state index contributed by atoms with van der Waals surface area (Å²) in [5, 5.41) is 6.23. The molecular formula is C24H26N2O5. The monoisotopic (exact) mass is 422 g/mol. The highest BCUT2D eigenvalue weighted by atomic mass is 16.5. The lowest BCUT2D eigenvalue weighted by Gasteiger charge is -2.15. The summed E-state index contributed by atoms with van der Waals surface area (Å²) < 4.78 is 11.1. The number of carbonyl (C=O) groups excluding carboxylic acids is 2. The molecular weight excluding hydrogens is 396 g/mol. The van der Waals surface area contributed by atoms with Crippen LogP contribution in [0.15, 0.2) is 51.7 Å². The van der Waals surface area contributed by atoms with E-state index >= 15 is 0 Å². The number of ether oxygens (including phenoxy) is 1. The number of rotatable bonds is 7. The van der Waals surface area contributed by atoms with Gasteiger partial charge in [-0.2, -0.15) is 0 Å². The average molecular weight is 422 g/mol. The fourth-order valence-electron chi connectivity index (χ4n) is 3.14. The number of nitrogens with one attached hydrogen (secondary N) is 2. The van der Waals surface area contributed by atoms with Gasteiger partial charge in [-0.15, -0.1) is 0 Å². The van der Waals surface area contributed by atoms with Crippen molar-refractivity contribution in [3.8, 4) is 5.75 Å². The molecule has 7 nitrogen and oxygen atoms in total. The molecule has 2 aromatic carbocycles. The van der Waals surface area contributed by atoms with Gasteiger partial charge in [-0.05, 0) is 62.6 Å². The summed E-state index contributed by atoms with van der Waals surface area (Å²) in [5.74, 6) is 0.118. The molecule has 0 aliphatic carbocycles. The van der Waals surface area contributed by atoms with Crippen molar-refractivity contribution in [1.29, 1.82) is 0 Å². The van der Waals surface area contributed by atoms with Gasteiger partial charge in [-0.25, -0.2) is 4.79 Å². The third-order valence-electron chi connectivity index (χ3n) is 5.25. The van der Waals surface area contributed by atoms with Gasteiger partial charge in [0.15, 0.2) is 6.10 Å². The second kappa shape index (κ2) is 9.47. The van der Waals surface area contributed by atoms with Crippen LogP contribution in [0.3, 0.4) is 0 Å². The molecule has 0 saturated heterocycles. The Morgan fingerprint density at radius 3 is 2.45 bits per heavy atom. The number of carbonyl (C=O) groups is 2. The van der Waals surface area contributed by atoms with Crippen LogP contribution in [0.1, 0.15) is 30.0 Å². The quantitative estimate of drug-likeness (QED) is 0.568. The van der Waals surface area contributed by atoms with Crippen LogP contribution in [0.25, 0.3) is 11.0 Å². The fourth-order valence-corrected chi connectivity index (χ4v) is 3.14. The van der Waals surface area contributed by atoms with E-state index in [1.54, 1.807) is 45.2 Å². The Balaban J connectivity index is 1.63. The van der Waals surface area contributed by atoms with Crippen molar-refractivity contribution < 1.29 is 18.7 Å². The van der Waals surface area contributed by atoms with Crippen molar-refractivity contribution in [1.82, 2.24) is 5.32 Å². The van der Waals surface area contributed by atoms with Crippen LogP contribution in [0.4, 0.5) is 5.69 Å². The minimum Gasteiger partial charge on any atom is -0.481 e. The molecule has 0 aliphatic heterocycles. The summed E-state index contributed by atoms with van der Waals surface area (Å²) in [6.45, 7) is 5.24. The molecule has 1 atom stereocenters. The molecule has 0 fully saturated rings. The zero-order valence-corrected chi connectivity index (χ0v) is 18.1. The maximum Gasteiger partial charge on any atom is 0.339 e. The summed E-state index contributed by atoms with van der Waals surface area (Å²) in [6, 6.07) is 12.5. The Labute approximate surface area is 180 Å². The van der Waals surface area contributed by atoms with Crippen LogP contribution in [0.2, 0.25) is 0 Å². The lowest BCUT2D eigenvalue weighted by atomic mass is 10.1. The third kappa shape index (κ3) is 5.31. The summed E-state index contributed by atoms with van der Waals surface area (Å²) in [7, 11) is 1.61. The van der Waals surface area contributed by atoms with E-state index in [0.29, 0.717) is 35.4 Å². The Kier molecular flexibility index (Phi) is 6.74. The maximum absolute atomic E-state index is 12.5. The first-order chi connectivity index (χ1) is 14.8. The van der Waals surface area contributed by atoms with Gasteiger partial charge in [0.25, 0.3) is 5.91 Å². The van der Waals surface area contributed by atoms with E-state index in [1.165, 1.54) is 0 Å². The molecule has 0 radical (unpaired) electrons. The number of amides is 2. The van der Waals surface area contributed by atoms with Crippen LogP contribution in [0, 0.1) is 13.8 Å². The first kappa shape index (κ1) is 22.1. The molecule has 1 aromatic heterocycles.